The highest BCUT2D eigenvalue weighted by atomic mass is 32.2. The van der Waals surface area contributed by atoms with E-state index in [1.807, 2.05) is 24.3 Å². The summed E-state index contributed by atoms with van der Waals surface area (Å²) in [6.45, 7) is 2.10. The summed E-state index contributed by atoms with van der Waals surface area (Å²) in [4.78, 5) is 4.04. The van der Waals surface area contributed by atoms with Crippen molar-refractivity contribution in [2.24, 2.45) is 0 Å². The van der Waals surface area contributed by atoms with Gasteiger partial charge in [0, 0.05) is 18.1 Å². The topological polar surface area (TPSA) is 51.8 Å². The van der Waals surface area contributed by atoms with Crippen molar-refractivity contribution >= 4 is 11.8 Å². The first kappa shape index (κ1) is 12.9. The third kappa shape index (κ3) is 2.88. The second kappa shape index (κ2) is 5.88. The minimum Gasteiger partial charge on any atom is -0.411 e. The van der Waals surface area contributed by atoms with Crippen LogP contribution < -0.4 is 0 Å². The van der Waals surface area contributed by atoms with Crippen LogP contribution in [0.2, 0.25) is 0 Å². The largest absolute Gasteiger partial charge is 0.411 e. The molecule has 0 aliphatic rings. The van der Waals surface area contributed by atoms with E-state index < -0.39 is 0 Å². The normalized spacial score (nSPS) is 10.7. The molecule has 0 unspecified atom stereocenters. The third-order valence-electron chi connectivity index (χ3n) is 2.93. The van der Waals surface area contributed by atoms with E-state index >= 15 is 0 Å². The van der Waals surface area contributed by atoms with E-state index in [4.69, 9.17) is 4.42 Å². The van der Waals surface area contributed by atoms with E-state index in [1.54, 1.807) is 24.2 Å². The number of aryl methyl sites for hydroxylation is 1. The number of hydrogen-bond acceptors (Lipinski definition) is 5. The van der Waals surface area contributed by atoms with Gasteiger partial charge in [-0.05, 0) is 30.2 Å². The Hall–Kier alpha value is -2.14. The molecule has 1 aromatic carbocycles. The van der Waals surface area contributed by atoms with Crippen LogP contribution in [0.25, 0.3) is 11.5 Å². The molecular formula is C15H13N3OS. The SMILES string of the molecule is Cc1ccccc1CSc1nnc(-c2cccnc2)o1. The number of aromatic nitrogens is 3. The van der Waals surface area contributed by atoms with E-state index in [0.717, 1.165) is 11.3 Å². The van der Waals surface area contributed by atoms with Gasteiger partial charge >= 0.3 is 0 Å². The molecule has 0 N–H and O–H groups in total. The van der Waals surface area contributed by atoms with Gasteiger partial charge in [-0.1, -0.05) is 36.0 Å². The predicted octanol–water partition coefficient (Wildman–Crippen LogP) is 3.73. The van der Waals surface area contributed by atoms with E-state index in [2.05, 4.69) is 34.2 Å². The number of hydrogen-bond donors (Lipinski definition) is 0. The van der Waals surface area contributed by atoms with Crippen molar-refractivity contribution in [3.63, 3.8) is 0 Å². The number of benzene rings is 1. The fraction of sp³-hybridized carbons (Fsp3) is 0.133. The van der Waals surface area contributed by atoms with E-state index in [-0.39, 0.29) is 0 Å². The Kier molecular flexibility index (Phi) is 3.78. The van der Waals surface area contributed by atoms with E-state index in [0.29, 0.717) is 11.1 Å². The highest BCUT2D eigenvalue weighted by Gasteiger charge is 2.09. The van der Waals surface area contributed by atoms with Crippen LogP contribution in [0, 0.1) is 6.92 Å². The summed E-state index contributed by atoms with van der Waals surface area (Å²) in [5.41, 5.74) is 3.38. The van der Waals surface area contributed by atoms with Gasteiger partial charge in [0.2, 0.25) is 5.89 Å². The molecule has 0 aliphatic carbocycles. The Morgan fingerprint density at radius 3 is 2.80 bits per heavy atom. The lowest BCUT2D eigenvalue weighted by molar-refractivity contribution is 0.465. The molecule has 0 radical (unpaired) electrons. The summed E-state index contributed by atoms with van der Waals surface area (Å²) in [5, 5.41) is 8.68. The average Bonchev–Trinajstić information content (AvgIpc) is 2.96. The summed E-state index contributed by atoms with van der Waals surface area (Å²) >= 11 is 1.54. The van der Waals surface area contributed by atoms with Gasteiger partial charge in [0.15, 0.2) is 0 Å². The molecule has 0 amide bonds. The Morgan fingerprint density at radius 2 is 2.00 bits per heavy atom. The molecule has 2 heterocycles. The van der Waals surface area contributed by atoms with Crippen LogP contribution >= 0.6 is 11.8 Å². The fourth-order valence-corrected chi connectivity index (χ4v) is 2.62. The molecule has 2 aromatic heterocycles. The van der Waals surface area contributed by atoms with Crippen molar-refractivity contribution in [2.75, 3.05) is 0 Å². The maximum atomic E-state index is 5.63. The summed E-state index contributed by atoms with van der Waals surface area (Å²) in [6, 6.07) is 12.0. The molecular weight excluding hydrogens is 270 g/mol. The Balaban J connectivity index is 1.71. The summed E-state index contributed by atoms with van der Waals surface area (Å²) in [7, 11) is 0. The van der Waals surface area contributed by atoms with Crippen molar-refractivity contribution in [1.82, 2.24) is 15.2 Å². The van der Waals surface area contributed by atoms with Gasteiger partial charge in [-0.25, -0.2) is 0 Å². The minimum absolute atomic E-state index is 0.505. The second-order valence-electron chi connectivity index (χ2n) is 4.33. The van der Waals surface area contributed by atoms with E-state index in [9.17, 15) is 0 Å². The molecule has 3 aromatic rings. The molecule has 0 spiro atoms. The highest BCUT2D eigenvalue weighted by molar-refractivity contribution is 7.98. The van der Waals surface area contributed by atoms with Gasteiger partial charge in [0.25, 0.3) is 5.22 Å². The lowest BCUT2D eigenvalue weighted by Gasteiger charge is -2.02. The van der Waals surface area contributed by atoms with Crippen molar-refractivity contribution < 1.29 is 4.42 Å². The van der Waals surface area contributed by atoms with Gasteiger partial charge in [0.05, 0.1) is 5.56 Å². The third-order valence-corrected chi connectivity index (χ3v) is 3.79. The lowest BCUT2D eigenvalue weighted by Crippen LogP contribution is -1.85. The van der Waals surface area contributed by atoms with Crippen molar-refractivity contribution in [3.8, 4) is 11.5 Å². The maximum absolute atomic E-state index is 5.63. The zero-order valence-electron chi connectivity index (χ0n) is 11.0. The summed E-state index contributed by atoms with van der Waals surface area (Å²) < 4.78 is 5.63. The highest BCUT2D eigenvalue weighted by Crippen LogP contribution is 2.26. The Bertz CT molecular complexity index is 697. The summed E-state index contributed by atoms with van der Waals surface area (Å²) in [6.07, 6.45) is 3.43. The molecule has 3 rings (SSSR count). The van der Waals surface area contributed by atoms with E-state index in [1.165, 1.54) is 11.1 Å². The van der Waals surface area contributed by atoms with Crippen molar-refractivity contribution in [1.29, 1.82) is 0 Å². The molecule has 0 saturated carbocycles. The van der Waals surface area contributed by atoms with Crippen LogP contribution in [0.5, 0.6) is 0 Å². The molecule has 100 valence electrons. The molecule has 0 aliphatic heterocycles. The van der Waals surface area contributed by atoms with Crippen molar-refractivity contribution in [3.05, 3.63) is 59.9 Å². The first-order valence-electron chi connectivity index (χ1n) is 6.24. The Morgan fingerprint density at radius 1 is 1.10 bits per heavy atom. The van der Waals surface area contributed by atoms with Gasteiger partial charge in [-0.2, -0.15) is 0 Å². The van der Waals surface area contributed by atoms with Gasteiger partial charge in [-0.3, -0.25) is 4.98 Å². The van der Waals surface area contributed by atoms with Gasteiger partial charge in [0.1, 0.15) is 0 Å². The monoisotopic (exact) mass is 283 g/mol. The number of thioether (sulfide) groups is 1. The van der Waals surface area contributed by atoms with Crippen LogP contribution in [-0.4, -0.2) is 15.2 Å². The molecule has 0 fully saturated rings. The van der Waals surface area contributed by atoms with Crippen LogP contribution in [0.15, 0.2) is 58.4 Å². The molecule has 0 atom stereocenters. The van der Waals surface area contributed by atoms with Crippen LogP contribution in [-0.2, 0) is 5.75 Å². The van der Waals surface area contributed by atoms with Gasteiger partial charge in [-0.15, -0.1) is 10.2 Å². The number of nitrogens with zero attached hydrogens (tertiary/aromatic N) is 3. The number of pyridine rings is 1. The maximum Gasteiger partial charge on any atom is 0.277 e. The van der Waals surface area contributed by atoms with Crippen molar-refractivity contribution in [2.45, 2.75) is 17.9 Å². The summed E-state index contributed by atoms with van der Waals surface area (Å²) in [5.74, 6) is 1.33. The molecule has 20 heavy (non-hydrogen) atoms. The number of rotatable bonds is 4. The van der Waals surface area contributed by atoms with Crippen LogP contribution in [0.1, 0.15) is 11.1 Å². The smallest absolute Gasteiger partial charge is 0.277 e. The first-order chi connectivity index (χ1) is 9.83. The zero-order valence-corrected chi connectivity index (χ0v) is 11.8. The molecule has 5 heteroatoms. The zero-order chi connectivity index (χ0) is 13.8. The lowest BCUT2D eigenvalue weighted by atomic mass is 10.1. The molecule has 4 nitrogen and oxygen atoms in total. The average molecular weight is 283 g/mol. The predicted molar refractivity (Wildman–Crippen MR) is 78.3 cm³/mol. The van der Waals surface area contributed by atoms with Crippen LogP contribution in [0.4, 0.5) is 0 Å². The molecule has 0 saturated heterocycles. The molecule has 0 bridgehead atoms. The first-order valence-corrected chi connectivity index (χ1v) is 7.23. The quantitative estimate of drug-likeness (QED) is 0.683. The Labute approximate surface area is 121 Å². The van der Waals surface area contributed by atoms with Gasteiger partial charge < -0.3 is 4.42 Å². The standard InChI is InChI=1S/C15H13N3OS/c1-11-5-2-3-6-13(11)10-20-15-18-17-14(19-15)12-7-4-8-16-9-12/h2-9H,10H2,1H3. The minimum atomic E-state index is 0.505. The fourth-order valence-electron chi connectivity index (χ4n) is 1.79. The second-order valence-corrected chi connectivity index (χ2v) is 5.26. The van der Waals surface area contributed by atoms with Crippen LogP contribution in [0.3, 0.4) is 0 Å².